The number of esters is 1. The van der Waals surface area contributed by atoms with Crippen LogP contribution >= 0.6 is 0 Å². The molecule has 2 aromatic rings. The minimum Gasteiger partial charge on any atom is -0.497 e. The highest BCUT2D eigenvalue weighted by Crippen LogP contribution is 2.19. The van der Waals surface area contributed by atoms with Crippen molar-refractivity contribution < 1.29 is 14.3 Å². The summed E-state index contributed by atoms with van der Waals surface area (Å²) in [6.45, 7) is 1.80. The Morgan fingerprint density at radius 1 is 1.41 bits per heavy atom. The van der Waals surface area contributed by atoms with E-state index in [0.717, 1.165) is 5.39 Å². The zero-order chi connectivity index (χ0) is 16.1. The van der Waals surface area contributed by atoms with Gasteiger partial charge < -0.3 is 14.5 Å². The maximum absolute atomic E-state index is 12.1. The van der Waals surface area contributed by atoms with Crippen LogP contribution in [0, 0.1) is 11.3 Å². The van der Waals surface area contributed by atoms with Crippen LogP contribution in [0.3, 0.4) is 0 Å². The van der Waals surface area contributed by atoms with Gasteiger partial charge in [0.1, 0.15) is 17.4 Å². The summed E-state index contributed by atoms with van der Waals surface area (Å²) in [5.41, 5.74) is 0.191. The van der Waals surface area contributed by atoms with Crippen LogP contribution < -0.4 is 10.3 Å². The number of nitrogens with one attached hydrogen (secondary N) is 1. The topological polar surface area (TPSA) is 92.2 Å². The molecule has 6 heteroatoms. The van der Waals surface area contributed by atoms with Gasteiger partial charge in [0.2, 0.25) is 0 Å². The number of carbonyl (C=O) groups excluding carboxylic acids is 1. The zero-order valence-corrected chi connectivity index (χ0v) is 12.2. The van der Waals surface area contributed by atoms with E-state index in [9.17, 15) is 9.59 Å². The molecule has 0 fully saturated rings. The summed E-state index contributed by atoms with van der Waals surface area (Å²) >= 11 is 0. The molecule has 0 amide bonds. The first-order valence-corrected chi connectivity index (χ1v) is 6.59. The number of methoxy groups -OCH3 is 1. The predicted molar refractivity (Wildman–Crippen MR) is 81.3 cm³/mol. The van der Waals surface area contributed by atoms with Gasteiger partial charge >= 0.3 is 5.97 Å². The highest BCUT2D eigenvalue weighted by Gasteiger charge is 2.11. The summed E-state index contributed by atoms with van der Waals surface area (Å²) in [5.74, 6) is -0.130. The average molecular weight is 298 g/mol. The predicted octanol–water partition coefficient (Wildman–Crippen LogP) is 2.01. The van der Waals surface area contributed by atoms with Crippen molar-refractivity contribution in [3.05, 3.63) is 45.8 Å². The molecule has 112 valence electrons. The first kappa shape index (κ1) is 15.3. The minimum absolute atomic E-state index is 0.158. The normalized spacial score (nSPS) is 11.0. The molecular formula is C16H14N2O4. The summed E-state index contributed by atoms with van der Waals surface area (Å²) in [6.07, 6.45) is 1.22. The van der Waals surface area contributed by atoms with Crippen molar-refractivity contribution in [2.24, 2.45) is 0 Å². The molecule has 0 spiro atoms. The Kier molecular flexibility index (Phi) is 4.59. The van der Waals surface area contributed by atoms with Gasteiger partial charge in [0.15, 0.2) is 0 Å². The van der Waals surface area contributed by atoms with E-state index in [4.69, 9.17) is 14.7 Å². The molecule has 0 aliphatic carbocycles. The third-order valence-electron chi connectivity index (χ3n) is 3.00. The molecule has 0 aliphatic rings. The van der Waals surface area contributed by atoms with Gasteiger partial charge in [0.25, 0.3) is 5.56 Å². The van der Waals surface area contributed by atoms with Crippen molar-refractivity contribution in [1.29, 1.82) is 5.26 Å². The number of H-pyrrole nitrogens is 1. The van der Waals surface area contributed by atoms with Crippen LogP contribution in [-0.2, 0) is 9.53 Å². The molecule has 0 radical (unpaired) electrons. The molecule has 22 heavy (non-hydrogen) atoms. The highest BCUT2D eigenvalue weighted by molar-refractivity contribution is 5.98. The van der Waals surface area contributed by atoms with Gasteiger partial charge in [0.05, 0.1) is 19.2 Å². The summed E-state index contributed by atoms with van der Waals surface area (Å²) in [7, 11) is 1.54. The van der Waals surface area contributed by atoms with E-state index in [2.05, 4.69) is 4.98 Å². The molecule has 1 aromatic heterocycles. The number of aromatic nitrogens is 1. The lowest BCUT2D eigenvalue weighted by atomic mass is 10.1. The Morgan fingerprint density at radius 2 is 2.18 bits per heavy atom. The number of nitrogens with zero attached hydrogens (tertiary/aromatic N) is 1. The zero-order valence-electron chi connectivity index (χ0n) is 12.2. The van der Waals surface area contributed by atoms with E-state index in [-0.39, 0.29) is 17.7 Å². The van der Waals surface area contributed by atoms with Crippen LogP contribution in [0.2, 0.25) is 0 Å². The van der Waals surface area contributed by atoms with Crippen molar-refractivity contribution >= 4 is 22.9 Å². The smallest absolute Gasteiger partial charge is 0.348 e. The molecule has 1 aromatic carbocycles. The van der Waals surface area contributed by atoms with Crippen LogP contribution in [0.4, 0.5) is 0 Å². The lowest BCUT2D eigenvalue weighted by Crippen LogP contribution is -2.11. The van der Waals surface area contributed by atoms with E-state index in [1.165, 1.54) is 13.2 Å². The van der Waals surface area contributed by atoms with Gasteiger partial charge in [-0.2, -0.15) is 5.26 Å². The minimum atomic E-state index is -0.751. The first-order chi connectivity index (χ1) is 10.6. The van der Waals surface area contributed by atoms with Crippen molar-refractivity contribution in [1.82, 2.24) is 4.98 Å². The molecule has 0 saturated carbocycles. The molecule has 0 atom stereocenters. The van der Waals surface area contributed by atoms with Gasteiger partial charge in [-0.05, 0) is 36.6 Å². The standard InChI is InChI=1S/C16H14N2O4/c1-3-22-16(20)12(9-17)7-11-6-10-4-5-13(21-2)8-14(10)18-15(11)19/h4-8H,3H2,1-2H3,(H,18,19). The fourth-order valence-electron chi connectivity index (χ4n) is 1.93. The molecule has 0 aliphatic heterocycles. The maximum Gasteiger partial charge on any atom is 0.348 e. The lowest BCUT2D eigenvalue weighted by Gasteiger charge is -2.04. The van der Waals surface area contributed by atoms with Crippen molar-refractivity contribution in [2.45, 2.75) is 6.92 Å². The summed E-state index contributed by atoms with van der Waals surface area (Å²) in [4.78, 5) is 26.3. The second kappa shape index (κ2) is 6.59. The van der Waals surface area contributed by atoms with Crippen LogP contribution in [0.1, 0.15) is 12.5 Å². The monoisotopic (exact) mass is 298 g/mol. The molecule has 0 unspecified atom stereocenters. The number of fused-ring (bicyclic) bond motifs is 1. The molecule has 0 bridgehead atoms. The molecule has 1 heterocycles. The van der Waals surface area contributed by atoms with E-state index in [1.807, 2.05) is 0 Å². The molecule has 1 N–H and O–H groups in total. The van der Waals surface area contributed by atoms with E-state index in [1.54, 1.807) is 37.3 Å². The Bertz CT molecular complexity index is 843. The third kappa shape index (κ3) is 3.15. The Morgan fingerprint density at radius 3 is 2.82 bits per heavy atom. The number of carbonyl (C=O) groups is 1. The third-order valence-corrected chi connectivity index (χ3v) is 3.00. The number of rotatable bonds is 4. The second-order valence-corrected chi connectivity index (χ2v) is 4.40. The van der Waals surface area contributed by atoms with E-state index in [0.29, 0.717) is 11.3 Å². The van der Waals surface area contributed by atoms with Crippen molar-refractivity contribution in [3.8, 4) is 11.8 Å². The SMILES string of the molecule is CCOC(=O)C(C#N)=Cc1cc2ccc(OC)cc2[nH]c1=O. The Hall–Kier alpha value is -3.07. The number of aromatic amines is 1. The Balaban J connectivity index is 2.52. The number of pyridine rings is 1. The van der Waals surface area contributed by atoms with E-state index >= 15 is 0 Å². The largest absolute Gasteiger partial charge is 0.497 e. The van der Waals surface area contributed by atoms with E-state index < -0.39 is 11.5 Å². The molecule has 2 rings (SSSR count). The molecule has 6 nitrogen and oxygen atoms in total. The number of benzene rings is 1. The Labute approximate surface area is 126 Å². The van der Waals surface area contributed by atoms with Gasteiger partial charge in [-0.15, -0.1) is 0 Å². The van der Waals surface area contributed by atoms with Gasteiger partial charge in [0, 0.05) is 11.6 Å². The second-order valence-electron chi connectivity index (χ2n) is 4.40. The van der Waals surface area contributed by atoms with Gasteiger partial charge in [-0.25, -0.2) is 4.79 Å². The summed E-state index contributed by atoms with van der Waals surface area (Å²) < 4.78 is 9.86. The van der Waals surface area contributed by atoms with Crippen molar-refractivity contribution in [3.63, 3.8) is 0 Å². The average Bonchev–Trinajstić information content (AvgIpc) is 2.52. The maximum atomic E-state index is 12.1. The summed E-state index contributed by atoms with van der Waals surface area (Å²) in [5, 5.41) is 9.77. The highest BCUT2D eigenvalue weighted by atomic mass is 16.5. The van der Waals surface area contributed by atoms with Crippen LogP contribution in [0.15, 0.2) is 34.6 Å². The number of ether oxygens (including phenoxy) is 2. The van der Waals surface area contributed by atoms with Crippen molar-refractivity contribution in [2.75, 3.05) is 13.7 Å². The van der Waals surface area contributed by atoms with Gasteiger partial charge in [-0.3, -0.25) is 4.79 Å². The van der Waals surface area contributed by atoms with Crippen LogP contribution in [0.5, 0.6) is 5.75 Å². The number of hydrogen-bond acceptors (Lipinski definition) is 5. The fourth-order valence-corrected chi connectivity index (χ4v) is 1.93. The fraction of sp³-hybridized carbons (Fsp3) is 0.188. The summed E-state index contributed by atoms with van der Waals surface area (Å²) in [6, 6.07) is 8.57. The van der Waals surface area contributed by atoms with Crippen LogP contribution in [0.25, 0.3) is 17.0 Å². The number of hydrogen-bond donors (Lipinski definition) is 1. The molecular weight excluding hydrogens is 284 g/mol. The lowest BCUT2D eigenvalue weighted by molar-refractivity contribution is -0.137. The quantitative estimate of drug-likeness (QED) is 0.529. The van der Waals surface area contributed by atoms with Gasteiger partial charge in [-0.1, -0.05) is 0 Å². The van der Waals surface area contributed by atoms with Crippen LogP contribution in [-0.4, -0.2) is 24.7 Å². The number of nitriles is 1. The first-order valence-electron chi connectivity index (χ1n) is 6.59. The molecule has 0 saturated heterocycles.